The molecule has 2 aromatic carbocycles. The Hall–Kier alpha value is -2.91. The van der Waals surface area contributed by atoms with Crippen LogP contribution in [-0.2, 0) is 10.2 Å². The van der Waals surface area contributed by atoms with Crippen molar-refractivity contribution < 1.29 is 9.18 Å². The zero-order valence-electron chi connectivity index (χ0n) is 14.9. The molecule has 27 heavy (non-hydrogen) atoms. The second-order valence-electron chi connectivity index (χ2n) is 6.92. The highest BCUT2D eigenvalue weighted by Crippen LogP contribution is 2.33. The molecular formula is C20H18ClFN4O. The van der Waals surface area contributed by atoms with Crippen LogP contribution in [0.4, 0.5) is 4.39 Å². The van der Waals surface area contributed by atoms with Crippen molar-refractivity contribution in [3.8, 4) is 6.07 Å². The molecule has 0 aliphatic carbocycles. The number of primary amides is 1. The average Bonchev–Trinajstić information content (AvgIpc) is 3.04. The minimum absolute atomic E-state index is 0.0445. The van der Waals surface area contributed by atoms with Gasteiger partial charge in [0.05, 0.1) is 46.3 Å². The Kier molecular flexibility index (Phi) is 4.90. The number of hydrogen-bond acceptors (Lipinski definition) is 3. The lowest BCUT2D eigenvalue weighted by Gasteiger charge is -2.22. The lowest BCUT2D eigenvalue weighted by molar-refractivity contribution is -0.118. The summed E-state index contributed by atoms with van der Waals surface area (Å²) in [6.07, 6.45) is 1.52. The first-order chi connectivity index (χ1) is 12.7. The molecule has 1 amide bonds. The van der Waals surface area contributed by atoms with Crippen molar-refractivity contribution in [1.29, 1.82) is 5.26 Å². The van der Waals surface area contributed by atoms with Gasteiger partial charge in [-0.15, -0.1) is 0 Å². The number of nitriles is 1. The van der Waals surface area contributed by atoms with Gasteiger partial charge < -0.3 is 10.3 Å². The number of nitrogens with two attached hydrogens (primary N) is 1. The van der Waals surface area contributed by atoms with Gasteiger partial charge in [-0.1, -0.05) is 29.8 Å². The minimum atomic E-state index is -0.965. The van der Waals surface area contributed by atoms with E-state index in [1.807, 2.05) is 0 Å². The molecule has 7 heteroatoms. The Bertz CT molecular complexity index is 1070. The molecule has 3 aromatic rings. The Morgan fingerprint density at radius 3 is 2.78 bits per heavy atom. The number of hydrogen-bond donors (Lipinski definition) is 1. The molecule has 3 rings (SSSR count). The number of rotatable bonds is 5. The zero-order chi connectivity index (χ0) is 19.8. The molecule has 1 heterocycles. The van der Waals surface area contributed by atoms with Crippen LogP contribution in [0.3, 0.4) is 0 Å². The second-order valence-corrected chi connectivity index (χ2v) is 7.33. The summed E-state index contributed by atoms with van der Waals surface area (Å²) in [6, 6.07) is 11.4. The fourth-order valence-electron chi connectivity index (χ4n) is 3.16. The third kappa shape index (κ3) is 3.51. The van der Waals surface area contributed by atoms with E-state index in [2.05, 4.69) is 11.1 Å². The summed E-state index contributed by atoms with van der Waals surface area (Å²) >= 11 is 6.32. The maximum atomic E-state index is 14.7. The Morgan fingerprint density at radius 1 is 1.41 bits per heavy atom. The van der Waals surface area contributed by atoms with Gasteiger partial charge in [0.25, 0.3) is 0 Å². The molecule has 0 radical (unpaired) electrons. The minimum Gasteiger partial charge on any atom is -0.370 e. The van der Waals surface area contributed by atoms with Gasteiger partial charge in [0, 0.05) is 5.56 Å². The van der Waals surface area contributed by atoms with E-state index in [1.165, 1.54) is 6.07 Å². The predicted octanol–water partition coefficient (Wildman–Crippen LogP) is 4.09. The maximum Gasteiger partial charge on any atom is 0.219 e. The van der Waals surface area contributed by atoms with Gasteiger partial charge in [0.1, 0.15) is 5.82 Å². The van der Waals surface area contributed by atoms with Crippen LogP contribution >= 0.6 is 11.6 Å². The van der Waals surface area contributed by atoms with Crippen molar-refractivity contribution in [2.24, 2.45) is 5.73 Å². The zero-order valence-corrected chi connectivity index (χ0v) is 15.7. The average molecular weight is 385 g/mol. The summed E-state index contributed by atoms with van der Waals surface area (Å²) in [4.78, 5) is 16.0. The van der Waals surface area contributed by atoms with Gasteiger partial charge in [-0.2, -0.15) is 5.26 Å². The summed E-state index contributed by atoms with van der Waals surface area (Å²) in [7, 11) is 0. The maximum absolute atomic E-state index is 14.7. The monoisotopic (exact) mass is 384 g/mol. The van der Waals surface area contributed by atoms with E-state index >= 15 is 0 Å². The van der Waals surface area contributed by atoms with Crippen LogP contribution in [-0.4, -0.2) is 15.5 Å². The van der Waals surface area contributed by atoms with Crippen LogP contribution in [0.5, 0.6) is 0 Å². The molecule has 0 saturated heterocycles. The van der Waals surface area contributed by atoms with Crippen LogP contribution in [0.1, 0.15) is 37.4 Å². The molecule has 0 fully saturated rings. The van der Waals surface area contributed by atoms with Crippen LogP contribution < -0.4 is 5.73 Å². The fraction of sp³-hybridized carbons (Fsp3) is 0.250. The van der Waals surface area contributed by atoms with Gasteiger partial charge in [-0.3, -0.25) is 4.79 Å². The molecule has 1 atom stereocenters. The van der Waals surface area contributed by atoms with Crippen LogP contribution in [0.25, 0.3) is 11.0 Å². The Labute approximate surface area is 161 Å². The van der Waals surface area contributed by atoms with E-state index in [0.29, 0.717) is 27.2 Å². The fourth-order valence-corrected chi connectivity index (χ4v) is 3.42. The molecule has 0 bridgehead atoms. The highest BCUT2D eigenvalue weighted by molar-refractivity contribution is 6.35. The summed E-state index contributed by atoms with van der Waals surface area (Å²) in [5.41, 5.74) is 6.62. The van der Waals surface area contributed by atoms with E-state index in [0.717, 1.165) is 0 Å². The summed E-state index contributed by atoms with van der Waals surface area (Å²) in [5, 5.41) is 9.74. The van der Waals surface area contributed by atoms with Crippen molar-refractivity contribution in [3.05, 3.63) is 64.7 Å². The van der Waals surface area contributed by atoms with Crippen molar-refractivity contribution in [3.63, 3.8) is 0 Å². The smallest absolute Gasteiger partial charge is 0.219 e. The number of aromatic nitrogens is 2. The molecule has 5 nitrogen and oxygen atoms in total. The molecule has 0 saturated carbocycles. The number of carbonyl (C=O) groups is 1. The molecule has 1 unspecified atom stereocenters. The van der Waals surface area contributed by atoms with Crippen LogP contribution in [0.15, 0.2) is 42.7 Å². The predicted molar refractivity (Wildman–Crippen MR) is 102 cm³/mol. The van der Waals surface area contributed by atoms with Crippen LogP contribution in [0, 0.1) is 17.1 Å². The van der Waals surface area contributed by atoms with Gasteiger partial charge in [-0.25, -0.2) is 9.37 Å². The second kappa shape index (κ2) is 7.01. The normalized spacial score (nSPS) is 12.7. The first-order valence-corrected chi connectivity index (χ1v) is 8.73. The molecule has 1 aromatic heterocycles. The number of halogens is 2. The topological polar surface area (TPSA) is 84.7 Å². The standard InChI is InChI=1S/C20H18ClFN4O/c1-20(2,10-23)13-7-6-12(8-15(13)22)17(9-18(24)27)26-11-25-16-5-3-4-14(21)19(16)26/h3-8,11,17H,9H2,1-2H3,(H2,24,27). The van der Waals surface area contributed by atoms with E-state index < -0.39 is 23.2 Å². The lowest BCUT2D eigenvalue weighted by atomic mass is 9.85. The Morgan fingerprint density at radius 2 is 2.15 bits per heavy atom. The highest BCUT2D eigenvalue weighted by Gasteiger charge is 2.26. The molecule has 2 N–H and O–H groups in total. The highest BCUT2D eigenvalue weighted by atomic mass is 35.5. The first kappa shape index (κ1) is 18.9. The Balaban J connectivity index is 2.15. The molecular weight excluding hydrogens is 367 g/mol. The third-order valence-corrected chi connectivity index (χ3v) is 4.91. The molecule has 0 aliphatic heterocycles. The number of benzene rings is 2. The number of carbonyl (C=O) groups excluding carboxylic acids is 1. The summed E-state index contributed by atoms with van der Waals surface area (Å²) < 4.78 is 16.5. The van der Waals surface area contributed by atoms with Gasteiger partial charge in [0.2, 0.25) is 5.91 Å². The number of fused-ring (bicyclic) bond motifs is 1. The lowest BCUT2D eigenvalue weighted by Crippen LogP contribution is -2.21. The van der Waals surface area contributed by atoms with Crippen molar-refractivity contribution in [1.82, 2.24) is 9.55 Å². The van der Waals surface area contributed by atoms with Crippen LogP contribution in [0.2, 0.25) is 5.02 Å². The van der Waals surface area contributed by atoms with Crippen molar-refractivity contribution >= 4 is 28.5 Å². The van der Waals surface area contributed by atoms with E-state index in [9.17, 15) is 14.4 Å². The number of imidazole rings is 1. The molecule has 0 spiro atoms. The van der Waals surface area contributed by atoms with Crippen molar-refractivity contribution in [2.45, 2.75) is 31.7 Å². The quantitative estimate of drug-likeness (QED) is 0.718. The largest absolute Gasteiger partial charge is 0.370 e. The van der Waals surface area contributed by atoms with Gasteiger partial charge in [0.15, 0.2) is 0 Å². The molecule has 138 valence electrons. The van der Waals surface area contributed by atoms with Gasteiger partial charge >= 0.3 is 0 Å². The first-order valence-electron chi connectivity index (χ1n) is 8.35. The number of amides is 1. The number of nitrogens with zero attached hydrogens (tertiary/aromatic N) is 3. The van der Waals surface area contributed by atoms with E-state index in [-0.39, 0.29) is 6.42 Å². The van der Waals surface area contributed by atoms with E-state index in [1.54, 1.807) is 55.1 Å². The SMILES string of the molecule is CC(C)(C#N)c1ccc(C(CC(N)=O)n2cnc3cccc(Cl)c32)cc1F. The summed E-state index contributed by atoms with van der Waals surface area (Å²) in [6.45, 7) is 3.30. The number of para-hydroxylation sites is 1. The summed E-state index contributed by atoms with van der Waals surface area (Å²) in [5.74, 6) is -1.04. The van der Waals surface area contributed by atoms with Gasteiger partial charge in [-0.05, 0) is 37.6 Å². The van der Waals surface area contributed by atoms with Crippen molar-refractivity contribution in [2.75, 3.05) is 0 Å². The third-order valence-electron chi connectivity index (χ3n) is 4.61. The van der Waals surface area contributed by atoms with E-state index in [4.69, 9.17) is 17.3 Å². The molecule has 0 aliphatic rings.